The first-order chi connectivity index (χ1) is 6.04. The van der Waals surface area contributed by atoms with Crippen molar-refractivity contribution in [1.82, 2.24) is 0 Å². The van der Waals surface area contributed by atoms with Crippen LogP contribution < -0.4 is 0 Å². The number of hydrogen-bond donors (Lipinski definition) is 0. The van der Waals surface area contributed by atoms with Crippen LogP contribution in [0, 0.1) is 0 Å². The summed E-state index contributed by atoms with van der Waals surface area (Å²) in [6, 6.07) is 9.54. The minimum atomic E-state index is -0.397. The van der Waals surface area contributed by atoms with Crippen molar-refractivity contribution in [3.05, 3.63) is 35.9 Å². The van der Waals surface area contributed by atoms with Crippen LogP contribution in [0.5, 0.6) is 0 Å². The van der Waals surface area contributed by atoms with Crippen LogP contribution in [0.25, 0.3) is 0 Å². The topological polar surface area (TPSA) is 17.1 Å². The summed E-state index contributed by atoms with van der Waals surface area (Å²) in [4.78, 5) is 9.05. The zero-order chi connectivity index (χ0) is 10.3. The van der Waals surface area contributed by atoms with Crippen molar-refractivity contribution < 1.29 is 4.79 Å². The van der Waals surface area contributed by atoms with Gasteiger partial charge in [-0.1, -0.05) is 30.3 Å². The highest BCUT2D eigenvalue weighted by Crippen LogP contribution is 2.23. The summed E-state index contributed by atoms with van der Waals surface area (Å²) in [5.41, 5.74) is 0.945. The van der Waals surface area contributed by atoms with E-state index in [4.69, 9.17) is 23.2 Å². The van der Waals surface area contributed by atoms with Gasteiger partial charge < -0.3 is 4.79 Å². The molecule has 0 amide bonds. The first kappa shape index (κ1) is 12.5. The Labute approximate surface area is 88.7 Å². The maximum atomic E-state index is 9.44. The summed E-state index contributed by atoms with van der Waals surface area (Å²) >= 11 is 11.1. The molecule has 0 radical (unpaired) electrons. The predicted molar refractivity (Wildman–Crippen MR) is 57.2 cm³/mol. The first-order valence-corrected chi connectivity index (χ1v) is 4.71. The van der Waals surface area contributed by atoms with E-state index in [0.717, 1.165) is 5.56 Å². The lowest BCUT2D eigenvalue weighted by atomic mass is 10.2. The molecular weight excluding hydrogens is 207 g/mol. The lowest BCUT2D eigenvalue weighted by molar-refractivity contribution is -0.114. The summed E-state index contributed by atoms with van der Waals surface area (Å²) in [5, 5.41) is 0. The molecule has 0 aliphatic carbocycles. The van der Waals surface area contributed by atoms with Gasteiger partial charge in [-0.25, -0.2) is 0 Å². The highest BCUT2D eigenvalue weighted by Gasteiger charge is 1.98. The molecule has 0 aliphatic heterocycles. The summed E-state index contributed by atoms with van der Waals surface area (Å²) in [6.07, 6.45) is 0. The smallest absolute Gasteiger partial charge is 0.132 e. The third kappa shape index (κ3) is 7.82. The quantitative estimate of drug-likeness (QED) is 0.657. The van der Waals surface area contributed by atoms with E-state index in [-0.39, 0.29) is 5.78 Å². The van der Waals surface area contributed by atoms with Crippen LogP contribution in [0.3, 0.4) is 0 Å². The van der Waals surface area contributed by atoms with Gasteiger partial charge in [0.25, 0.3) is 0 Å². The van der Waals surface area contributed by atoms with Gasteiger partial charge in [-0.3, -0.25) is 0 Å². The average molecular weight is 219 g/mol. The van der Waals surface area contributed by atoms with Gasteiger partial charge in [0, 0.05) is 0 Å². The minimum Gasteiger partial charge on any atom is -0.300 e. The second-order valence-corrected chi connectivity index (χ2v) is 3.72. The molecule has 0 saturated carbocycles. The Bertz CT molecular complexity index is 240. The summed E-state index contributed by atoms with van der Waals surface area (Å²) in [7, 11) is 0. The fourth-order valence-corrected chi connectivity index (χ4v) is 0.889. The molecule has 0 N–H and O–H groups in total. The van der Waals surface area contributed by atoms with Crippen molar-refractivity contribution in [3.8, 4) is 0 Å². The van der Waals surface area contributed by atoms with E-state index < -0.39 is 4.84 Å². The molecule has 1 aromatic carbocycles. The van der Waals surface area contributed by atoms with Crippen molar-refractivity contribution >= 4 is 29.0 Å². The highest BCUT2D eigenvalue weighted by atomic mass is 35.5. The van der Waals surface area contributed by atoms with Crippen LogP contribution in [0.4, 0.5) is 0 Å². The Hall–Kier alpha value is -0.530. The van der Waals surface area contributed by atoms with E-state index in [2.05, 4.69) is 0 Å². The molecule has 0 unspecified atom stereocenters. The van der Waals surface area contributed by atoms with E-state index in [1.807, 2.05) is 30.3 Å². The molecule has 72 valence electrons. The maximum absolute atomic E-state index is 9.44. The molecular formula is C10H12Cl2O. The number of benzene rings is 1. The summed E-state index contributed by atoms with van der Waals surface area (Å²) < 4.78 is 0. The number of hydrogen-bond acceptors (Lipinski definition) is 1. The number of rotatable bonds is 1. The lowest BCUT2D eigenvalue weighted by Gasteiger charge is -1.97. The lowest BCUT2D eigenvalue weighted by Crippen LogP contribution is -1.76. The second-order valence-electron chi connectivity index (χ2n) is 2.62. The molecule has 0 heterocycles. The van der Waals surface area contributed by atoms with Gasteiger partial charge >= 0.3 is 0 Å². The van der Waals surface area contributed by atoms with Crippen molar-refractivity contribution in [2.45, 2.75) is 18.7 Å². The van der Waals surface area contributed by atoms with E-state index >= 15 is 0 Å². The molecule has 0 atom stereocenters. The van der Waals surface area contributed by atoms with Gasteiger partial charge in [0.2, 0.25) is 0 Å². The summed E-state index contributed by atoms with van der Waals surface area (Å²) in [5.74, 6) is 0.167. The number of ketones is 1. The van der Waals surface area contributed by atoms with Crippen LogP contribution >= 0.6 is 23.2 Å². The number of carbonyl (C=O) groups is 1. The second kappa shape index (κ2) is 6.93. The zero-order valence-corrected chi connectivity index (χ0v) is 9.14. The van der Waals surface area contributed by atoms with Gasteiger partial charge in [0.05, 0.1) is 0 Å². The van der Waals surface area contributed by atoms with Gasteiger partial charge in [-0.2, -0.15) is 0 Å². The highest BCUT2D eigenvalue weighted by molar-refractivity contribution is 6.44. The van der Waals surface area contributed by atoms with Crippen LogP contribution in [-0.2, 0) is 4.79 Å². The van der Waals surface area contributed by atoms with Crippen LogP contribution in [0.1, 0.15) is 24.2 Å². The summed E-state index contributed by atoms with van der Waals surface area (Å²) in [6.45, 7) is 3.06. The van der Waals surface area contributed by atoms with E-state index in [9.17, 15) is 4.79 Å². The minimum absolute atomic E-state index is 0.167. The molecule has 0 spiro atoms. The third-order valence-corrected chi connectivity index (χ3v) is 1.56. The van der Waals surface area contributed by atoms with E-state index in [1.54, 1.807) is 0 Å². The van der Waals surface area contributed by atoms with Crippen LogP contribution in [0.2, 0.25) is 0 Å². The van der Waals surface area contributed by atoms with Gasteiger partial charge in [-0.05, 0) is 19.4 Å². The molecule has 3 heteroatoms. The number of carbonyl (C=O) groups excluding carboxylic acids is 1. The number of halogens is 2. The van der Waals surface area contributed by atoms with Crippen molar-refractivity contribution in [1.29, 1.82) is 0 Å². The molecule has 0 aromatic heterocycles. The van der Waals surface area contributed by atoms with E-state index in [1.165, 1.54) is 13.8 Å². The fourth-order valence-electron chi connectivity index (χ4n) is 0.599. The Morgan fingerprint density at radius 2 is 1.54 bits per heavy atom. The Kier molecular flexibility index (Phi) is 6.65. The van der Waals surface area contributed by atoms with Crippen molar-refractivity contribution in [2.24, 2.45) is 0 Å². The Morgan fingerprint density at radius 1 is 1.15 bits per heavy atom. The standard InChI is InChI=1S/C7H6Cl2.C3H6O/c8-7(9)6-4-2-1-3-5-6;1-3(2)4/h1-5,7H;1-2H3. The van der Waals surface area contributed by atoms with Crippen LogP contribution in [0.15, 0.2) is 30.3 Å². The molecule has 13 heavy (non-hydrogen) atoms. The average Bonchev–Trinajstić information content (AvgIpc) is 2.05. The van der Waals surface area contributed by atoms with Gasteiger partial charge in [-0.15, -0.1) is 23.2 Å². The molecule has 0 saturated heterocycles. The largest absolute Gasteiger partial charge is 0.300 e. The fraction of sp³-hybridized carbons (Fsp3) is 0.300. The molecule has 1 nitrogen and oxygen atoms in total. The molecule has 0 fully saturated rings. The van der Waals surface area contributed by atoms with Crippen LogP contribution in [-0.4, -0.2) is 5.78 Å². The monoisotopic (exact) mass is 218 g/mol. The van der Waals surface area contributed by atoms with Crippen molar-refractivity contribution in [3.63, 3.8) is 0 Å². The molecule has 1 aromatic rings. The zero-order valence-electron chi connectivity index (χ0n) is 7.63. The van der Waals surface area contributed by atoms with Gasteiger partial charge in [0.1, 0.15) is 10.6 Å². The normalized spacial score (nSPS) is 9.00. The van der Waals surface area contributed by atoms with E-state index in [0.29, 0.717) is 0 Å². The SMILES string of the molecule is CC(C)=O.ClC(Cl)c1ccccc1. The predicted octanol–water partition coefficient (Wildman–Crippen LogP) is 3.76. The number of alkyl halides is 2. The third-order valence-electron chi connectivity index (χ3n) is 1.05. The molecule has 0 bridgehead atoms. The molecule has 1 rings (SSSR count). The van der Waals surface area contributed by atoms with Gasteiger partial charge in [0.15, 0.2) is 0 Å². The number of Topliss-reactive ketones (excluding diaryl/α,β-unsaturated/α-hetero) is 1. The first-order valence-electron chi connectivity index (χ1n) is 3.84. The Morgan fingerprint density at radius 3 is 1.77 bits per heavy atom. The van der Waals surface area contributed by atoms with Crippen molar-refractivity contribution in [2.75, 3.05) is 0 Å². The maximum Gasteiger partial charge on any atom is 0.132 e. The Balaban J connectivity index is 0.000000310. The molecule has 0 aliphatic rings.